The molecular formula is C19H25FN4O4S. The first kappa shape index (κ1) is 21.3. The number of nitrogens with zero attached hydrogens (tertiary/aromatic N) is 4. The molecule has 1 saturated heterocycles. The van der Waals surface area contributed by atoms with Crippen LogP contribution < -0.4 is 4.74 Å². The fraction of sp³-hybridized carbons (Fsp3) is 0.474. The van der Waals surface area contributed by atoms with Crippen molar-refractivity contribution in [3.8, 4) is 5.75 Å². The second kappa shape index (κ2) is 8.50. The predicted molar refractivity (Wildman–Crippen MR) is 105 cm³/mol. The van der Waals surface area contributed by atoms with Crippen LogP contribution in [0.15, 0.2) is 29.2 Å². The largest absolute Gasteiger partial charge is 0.484 e. The van der Waals surface area contributed by atoms with Gasteiger partial charge < -0.3 is 9.64 Å². The molecule has 0 aliphatic carbocycles. The zero-order chi connectivity index (χ0) is 21.2. The maximum atomic E-state index is 13.1. The number of sulfonamides is 1. The van der Waals surface area contributed by atoms with E-state index >= 15 is 0 Å². The van der Waals surface area contributed by atoms with Crippen LogP contribution in [0.3, 0.4) is 0 Å². The highest BCUT2D eigenvalue weighted by Crippen LogP contribution is 2.24. The SMILES string of the molecule is Cc1nn(C)c(C)c1S(=O)(=O)N1CCCN(C(=O)COc2ccc(F)cc2)CC1. The third kappa shape index (κ3) is 4.59. The number of aryl methyl sites for hydroxylation is 2. The summed E-state index contributed by atoms with van der Waals surface area (Å²) in [6, 6.07) is 5.43. The number of benzene rings is 1. The Kier molecular flexibility index (Phi) is 6.23. The number of carbonyl (C=O) groups is 1. The minimum atomic E-state index is -3.69. The van der Waals surface area contributed by atoms with Gasteiger partial charge in [0.25, 0.3) is 5.91 Å². The maximum absolute atomic E-state index is 13.1. The second-order valence-corrected chi connectivity index (χ2v) is 8.88. The average Bonchev–Trinajstić information content (AvgIpc) is 2.85. The Balaban J connectivity index is 1.63. The summed E-state index contributed by atoms with van der Waals surface area (Å²) in [6.07, 6.45) is 0.528. The monoisotopic (exact) mass is 424 g/mol. The van der Waals surface area contributed by atoms with Gasteiger partial charge in [-0.15, -0.1) is 0 Å². The predicted octanol–water partition coefficient (Wildman–Crippen LogP) is 1.48. The van der Waals surface area contributed by atoms with Gasteiger partial charge in [-0.3, -0.25) is 9.48 Å². The minimum Gasteiger partial charge on any atom is -0.484 e. The highest BCUT2D eigenvalue weighted by molar-refractivity contribution is 7.89. The number of carbonyl (C=O) groups excluding carboxylic acids is 1. The Morgan fingerprint density at radius 1 is 1.14 bits per heavy atom. The zero-order valence-corrected chi connectivity index (χ0v) is 17.6. The molecule has 1 aliphatic rings. The van der Waals surface area contributed by atoms with Crippen molar-refractivity contribution in [2.45, 2.75) is 25.2 Å². The first-order valence-electron chi connectivity index (χ1n) is 9.36. The fourth-order valence-electron chi connectivity index (χ4n) is 3.41. The molecule has 1 amide bonds. The Bertz CT molecular complexity index is 988. The molecule has 1 aliphatic heterocycles. The van der Waals surface area contributed by atoms with E-state index in [-0.39, 0.29) is 36.3 Å². The van der Waals surface area contributed by atoms with E-state index in [1.807, 2.05) is 0 Å². The molecule has 0 bridgehead atoms. The van der Waals surface area contributed by atoms with Gasteiger partial charge >= 0.3 is 0 Å². The summed E-state index contributed by atoms with van der Waals surface area (Å²) < 4.78 is 47.6. The van der Waals surface area contributed by atoms with E-state index in [0.717, 1.165) is 0 Å². The van der Waals surface area contributed by atoms with Crippen LogP contribution in [0.1, 0.15) is 17.8 Å². The number of aromatic nitrogens is 2. The Labute approximate surface area is 169 Å². The molecule has 0 atom stereocenters. The van der Waals surface area contributed by atoms with Crippen molar-refractivity contribution in [3.63, 3.8) is 0 Å². The van der Waals surface area contributed by atoms with Gasteiger partial charge in [0.05, 0.1) is 11.4 Å². The van der Waals surface area contributed by atoms with Crippen molar-refractivity contribution < 1.29 is 22.3 Å². The highest BCUT2D eigenvalue weighted by Gasteiger charge is 2.32. The third-order valence-electron chi connectivity index (χ3n) is 5.02. The summed E-state index contributed by atoms with van der Waals surface area (Å²) in [6.45, 7) is 4.50. The molecule has 29 heavy (non-hydrogen) atoms. The van der Waals surface area contributed by atoms with Gasteiger partial charge in [-0.25, -0.2) is 12.8 Å². The topological polar surface area (TPSA) is 84.7 Å². The molecule has 3 rings (SSSR count). The summed E-state index contributed by atoms with van der Waals surface area (Å²) in [4.78, 5) is 14.3. The first-order valence-corrected chi connectivity index (χ1v) is 10.8. The summed E-state index contributed by atoms with van der Waals surface area (Å²) in [5, 5.41) is 4.20. The molecule has 8 nitrogen and oxygen atoms in total. The lowest BCUT2D eigenvalue weighted by Crippen LogP contribution is -2.39. The van der Waals surface area contributed by atoms with Crippen molar-refractivity contribution in [1.82, 2.24) is 19.0 Å². The van der Waals surface area contributed by atoms with Crippen LogP contribution >= 0.6 is 0 Å². The van der Waals surface area contributed by atoms with Gasteiger partial charge in [0, 0.05) is 33.2 Å². The maximum Gasteiger partial charge on any atom is 0.260 e. The van der Waals surface area contributed by atoms with Crippen LogP contribution in [0, 0.1) is 19.7 Å². The van der Waals surface area contributed by atoms with Crippen LogP contribution in [0.2, 0.25) is 0 Å². The fourth-order valence-corrected chi connectivity index (χ4v) is 5.28. The van der Waals surface area contributed by atoms with E-state index in [1.54, 1.807) is 30.5 Å². The van der Waals surface area contributed by atoms with Crippen molar-refractivity contribution >= 4 is 15.9 Å². The quantitative estimate of drug-likeness (QED) is 0.726. The molecule has 1 aromatic carbocycles. The Morgan fingerprint density at radius 3 is 2.45 bits per heavy atom. The van der Waals surface area contributed by atoms with Crippen LogP contribution in [0.4, 0.5) is 4.39 Å². The third-order valence-corrected chi connectivity index (χ3v) is 7.18. The lowest BCUT2D eigenvalue weighted by atomic mass is 10.3. The van der Waals surface area contributed by atoms with Gasteiger partial charge in [-0.1, -0.05) is 0 Å². The highest BCUT2D eigenvalue weighted by atomic mass is 32.2. The first-order chi connectivity index (χ1) is 13.7. The average molecular weight is 424 g/mol. The normalized spacial score (nSPS) is 15.9. The Hall–Kier alpha value is -2.46. The summed E-state index contributed by atoms with van der Waals surface area (Å²) in [5.74, 6) is -0.208. The standard InChI is InChI=1S/C19H25FN4O4S/c1-14-19(15(2)22(3)21-14)29(26,27)24-10-4-9-23(11-12-24)18(25)13-28-17-7-5-16(20)6-8-17/h5-8H,4,9-13H2,1-3H3. The van der Waals surface area contributed by atoms with Gasteiger partial charge in [-0.05, 0) is 44.5 Å². The van der Waals surface area contributed by atoms with Crippen molar-refractivity contribution in [3.05, 3.63) is 41.5 Å². The van der Waals surface area contributed by atoms with E-state index in [9.17, 15) is 17.6 Å². The summed E-state index contributed by atoms with van der Waals surface area (Å²) >= 11 is 0. The molecule has 1 fully saturated rings. The van der Waals surface area contributed by atoms with Gasteiger partial charge in [-0.2, -0.15) is 9.40 Å². The zero-order valence-electron chi connectivity index (χ0n) is 16.8. The van der Waals surface area contributed by atoms with Crippen molar-refractivity contribution in [2.24, 2.45) is 7.05 Å². The number of halogens is 1. The molecule has 10 heteroatoms. The molecular weight excluding hydrogens is 399 g/mol. The number of hydrogen-bond donors (Lipinski definition) is 0. The number of amides is 1. The molecule has 158 valence electrons. The van der Waals surface area contributed by atoms with Crippen molar-refractivity contribution in [2.75, 3.05) is 32.8 Å². The molecule has 0 saturated carbocycles. The number of ether oxygens (including phenoxy) is 1. The molecule has 2 heterocycles. The molecule has 2 aromatic rings. The van der Waals surface area contributed by atoms with Gasteiger partial charge in [0.2, 0.25) is 10.0 Å². The minimum absolute atomic E-state index is 0.181. The Morgan fingerprint density at radius 2 is 1.83 bits per heavy atom. The molecule has 0 radical (unpaired) electrons. The number of hydrogen-bond acceptors (Lipinski definition) is 5. The number of rotatable bonds is 5. The van der Waals surface area contributed by atoms with E-state index in [1.165, 1.54) is 28.6 Å². The van der Waals surface area contributed by atoms with Gasteiger partial charge in [0.15, 0.2) is 6.61 Å². The van der Waals surface area contributed by atoms with E-state index in [2.05, 4.69) is 5.10 Å². The molecule has 0 unspecified atom stereocenters. The van der Waals surface area contributed by atoms with Crippen LogP contribution in [0.25, 0.3) is 0 Å². The van der Waals surface area contributed by atoms with Gasteiger partial charge in [0.1, 0.15) is 16.5 Å². The lowest BCUT2D eigenvalue weighted by Gasteiger charge is -2.22. The van der Waals surface area contributed by atoms with E-state index in [4.69, 9.17) is 4.74 Å². The molecule has 0 spiro atoms. The summed E-state index contributed by atoms with van der Waals surface area (Å²) in [5.41, 5.74) is 1.06. The smallest absolute Gasteiger partial charge is 0.260 e. The molecule has 1 aromatic heterocycles. The van der Waals surface area contributed by atoms with E-state index in [0.29, 0.717) is 36.6 Å². The summed E-state index contributed by atoms with van der Waals surface area (Å²) in [7, 11) is -1.98. The van der Waals surface area contributed by atoms with E-state index < -0.39 is 10.0 Å². The van der Waals surface area contributed by atoms with Crippen LogP contribution in [-0.4, -0.2) is 66.1 Å². The molecule has 0 N–H and O–H groups in total. The van der Waals surface area contributed by atoms with Crippen molar-refractivity contribution in [1.29, 1.82) is 0 Å². The van der Waals surface area contributed by atoms with Crippen LogP contribution in [-0.2, 0) is 21.9 Å². The van der Waals surface area contributed by atoms with Crippen LogP contribution in [0.5, 0.6) is 5.75 Å². The lowest BCUT2D eigenvalue weighted by molar-refractivity contribution is -0.133. The second-order valence-electron chi connectivity index (χ2n) is 7.00.